The highest BCUT2D eigenvalue weighted by molar-refractivity contribution is 6.00. The Bertz CT molecular complexity index is 873. The summed E-state index contributed by atoms with van der Waals surface area (Å²) in [4.78, 5) is 27.1. The number of carbonyl (C=O) groups excluding carboxylic acids is 2. The van der Waals surface area contributed by atoms with E-state index in [9.17, 15) is 9.59 Å². The molecule has 0 saturated carbocycles. The first-order chi connectivity index (χ1) is 12.6. The first kappa shape index (κ1) is 17.4. The number of methoxy groups -OCH3 is 2. The van der Waals surface area contributed by atoms with Crippen molar-refractivity contribution in [2.24, 2.45) is 0 Å². The Kier molecular flexibility index (Phi) is 5.12. The molecular weight excluding hydrogens is 338 g/mol. The molecule has 2 aromatic heterocycles. The van der Waals surface area contributed by atoms with Gasteiger partial charge in [0.2, 0.25) is 5.91 Å². The van der Waals surface area contributed by atoms with Crippen LogP contribution >= 0.6 is 0 Å². The van der Waals surface area contributed by atoms with Gasteiger partial charge in [0.05, 0.1) is 33.6 Å². The van der Waals surface area contributed by atoms with Crippen LogP contribution in [0.4, 0.5) is 0 Å². The van der Waals surface area contributed by atoms with E-state index in [1.165, 1.54) is 6.26 Å². The number of amides is 2. The van der Waals surface area contributed by atoms with Crippen LogP contribution in [0, 0.1) is 0 Å². The van der Waals surface area contributed by atoms with E-state index >= 15 is 0 Å². The summed E-state index contributed by atoms with van der Waals surface area (Å²) in [7, 11) is 3.09. The molecule has 2 amide bonds. The van der Waals surface area contributed by atoms with Gasteiger partial charge in [0.25, 0.3) is 5.91 Å². The number of aromatic amines is 1. The average molecular weight is 357 g/mol. The van der Waals surface area contributed by atoms with Gasteiger partial charge in [-0.25, -0.2) is 0 Å². The van der Waals surface area contributed by atoms with E-state index in [-0.39, 0.29) is 24.9 Å². The number of H-pyrrole nitrogens is 1. The minimum atomic E-state index is -0.382. The highest BCUT2D eigenvalue weighted by Gasteiger charge is 2.14. The van der Waals surface area contributed by atoms with Gasteiger partial charge >= 0.3 is 0 Å². The number of benzene rings is 1. The predicted octanol–water partition coefficient (Wildman–Crippen LogP) is 1.82. The van der Waals surface area contributed by atoms with Crippen molar-refractivity contribution in [1.29, 1.82) is 0 Å². The number of ether oxygens (including phenoxy) is 2. The number of hydrogen-bond acceptors (Lipinski definition) is 5. The molecule has 0 spiro atoms. The van der Waals surface area contributed by atoms with Crippen molar-refractivity contribution in [1.82, 2.24) is 15.6 Å². The second-order valence-electron chi connectivity index (χ2n) is 5.52. The normalized spacial score (nSPS) is 10.5. The summed E-state index contributed by atoms with van der Waals surface area (Å²) in [5, 5.41) is 6.03. The summed E-state index contributed by atoms with van der Waals surface area (Å²) in [6.45, 7) is 0.134. The molecule has 3 rings (SSSR count). The van der Waals surface area contributed by atoms with Crippen molar-refractivity contribution in [3.63, 3.8) is 0 Å². The summed E-state index contributed by atoms with van der Waals surface area (Å²) in [6.07, 6.45) is 1.53. The van der Waals surface area contributed by atoms with Crippen LogP contribution in [0.2, 0.25) is 0 Å². The monoisotopic (exact) mass is 357 g/mol. The van der Waals surface area contributed by atoms with Gasteiger partial charge in [0.15, 0.2) is 11.5 Å². The summed E-state index contributed by atoms with van der Waals surface area (Å²) in [5.41, 5.74) is 1.07. The first-order valence-electron chi connectivity index (χ1n) is 7.92. The molecule has 0 fully saturated rings. The fourth-order valence-corrected chi connectivity index (χ4v) is 2.50. The van der Waals surface area contributed by atoms with E-state index in [2.05, 4.69) is 15.6 Å². The molecule has 0 radical (unpaired) electrons. The minimum absolute atomic E-state index is 0.137. The van der Waals surface area contributed by atoms with Crippen LogP contribution in [0.15, 0.2) is 41.0 Å². The summed E-state index contributed by atoms with van der Waals surface area (Å²) < 4.78 is 15.6. The van der Waals surface area contributed by atoms with Crippen LogP contribution in [0.25, 0.3) is 10.9 Å². The second kappa shape index (κ2) is 7.64. The molecule has 0 saturated heterocycles. The Balaban J connectivity index is 1.61. The van der Waals surface area contributed by atoms with E-state index in [0.29, 0.717) is 23.0 Å². The van der Waals surface area contributed by atoms with Crippen LogP contribution in [0.1, 0.15) is 16.2 Å². The van der Waals surface area contributed by atoms with E-state index < -0.39 is 0 Å². The van der Waals surface area contributed by atoms with Crippen molar-refractivity contribution in [2.45, 2.75) is 6.54 Å². The molecule has 0 aliphatic rings. The lowest BCUT2D eigenvalue weighted by Crippen LogP contribution is -2.36. The molecule has 0 aliphatic carbocycles. The molecule has 0 aliphatic heterocycles. The van der Waals surface area contributed by atoms with Crippen LogP contribution in [-0.2, 0) is 11.3 Å². The van der Waals surface area contributed by atoms with Crippen molar-refractivity contribution >= 4 is 22.7 Å². The molecule has 1 aromatic carbocycles. The standard InChI is InChI=1S/C18H19N3O5/c1-24-15-7-11-6-14(21-13(11)8-16(15)25-2)18(23)20-10-17(22)19-9-12-4-3-5-26-12/h3-8,21H,9-10H2,1-2H3,(H,19,22)(H,20,23). The maximum atomic E-state index is 12.3. The van der Waals surface area contributed by atoms with Crippen molar-refractivity contribution in [3.05, 3.63) is 48.0 Å². The van der Waals surface area contributed by atoms with Gasteiger partial charge in [-0.3, -0.25) is 9.59 Å². The molecule has 0 atom stereocenters. The van der Waals surface area contributed by atoms with Gasteiger partial charge in [-0.05, 0) is 24.3 Å². The lowest BCUT2D eigenvalue weighted by atomic mass is 10.2. The zero-order chi connectivity index (χ0) is 18.5. The lowest BCUT2D eigenvalue weighted by molar-refractivity contribution is -0.120. The van der Waals surface area contributed by atoms with Gasteiger partial charge in [-0.1, -0.05) is 0 Å². The molecule has 26 heavy (non-hydrogen) atoms. The topological polar surface area (TPSA) is 106 Å². The third kappa shape index (κ3) is 3.80. The average Bonchev–Trinajstić information content (AvgIpc) is 3.32. The first-order valence-corrected chi connectivity index (χ1v) is 7.92. The van der Waals surface area contributed by atoms with E-state index in [0.717, 1.165) is 10.9 Å². The molecule has 8 heteroatoms. The number of rotatable bonds is 7. The number of nitrogens with one attached hydrogen (secondary N) is 3. The molecular formula is C18H19N3O5. The van der Waals surface area contributed by atoms with Gasteiger partial charge in [-0.2, -0.15) is 0 Å². The molecule has 0 unspecified atom stereocenters. The Morgan fingerprint density at radius 3 is 2.58 bits per heavy atom. The number of aromatic nitrogens is 1. The van der Waals surface area contributed by atoms with E-state index in [1.807, 2.05) is 0 Å². The molecule has 0 bridgehead atoms. The van der Waals surface area contributed by atoms with E-state index in [4.69, 9.17) is 13.9 Å². The molecule has 136 valence electrons. The van der Waals surface area contributed by atoms with Crippen LogP contribution in [0.3, 0.4) is 0 Å². The van der Waals surface area contributed by atoms with Crippen LogP contribution < -0.4 is 20.1 Å². The Hall–Kier alpha value is -3.42. The predicted molar refractivity (Wildman–Crippen MR) is 94.3 cm³/mol. The number of fused-ring (bicyclic) bond motifs is 1. The smallest absolute Gasteiger partial charge is 0.268 e. The molecule has 3 aromatic rings. The van der Waals surface area contributed by atoms with Gasteiger partial charge in [0.1, 0.15) is 11.5 Å². The maximum absolute atomic E-state index is 12.3. The lowest BCUT2D eigenvalue weighted by Gasteiger charge is -2.06. The summed E-state index contributed by atoms with van der Waals surface area (Å²) in [6, 6.07) is 8.71. The molecule has 3 N–H and O–H groups in total. The zero-order valence-electron chi connectivity index (χ0n) is 14.4. The van der Waals surface area contributed by atoms with Crippen molar-refractivity contribution in [3.8, 4) is 11.5 Å². The largest absolute Gasteiger partial charge is 0.493 e. The van der Waals surface area contributed by atoms with Crippen LogP contribution in [-0.4, -0.2) is 37.6 Å². The second-order valence-corrected chi connectivity index (χ2v) is 5.52. The number of furan rings is 1. The summed E-state index contributed by atoms with van der Waals surface area (Å²) in [5.74, 6) is 1.08. The minimum Gasteiger partial charge on any atom is -0.493 e. The summed E-state index contributed by atoms with van der Waals surface area (Å²) >= 11 is 0. The van der Waals surface area contributed by atoms with E-state index in [1.54, 1.807) is 44.6 Å². The number of hydrogen-bond donors (Lipinski definition) is 3. The Labute approximate surface area is 149 Å². The fraction of sp³-hybridized carbons (Fsp3) is 0.222. The fourth-order valence-electron chi connectivity index (χ4n) is 2.50. The third-order valence-corrected chi connectivity index (χ3v) is 3.82. The van der Waals surface area contributed by atoms with Gasteiger partial charge in [-0.15, -0.1) is 0 Å². The van der Waals surface area contributed by atoms with Gasteiger partial charge < -0.3 is 29.5 Å². The molecule has 2 heterocycles. The highest BCUT2D eigenvalue weighted by atomic mass is 16.5. The van der Waals surface area contributed by atoms with Gasteiger partial charge in [0, 0.05) is 17.0 Å². The highest BCUT2D eigenvalue weighted by Crippen LogP contribution is 2.32. The third-order valence-electron chi connectivity index (χ3n) is 3.82. The Morgan fingerprint density at radius 2 is 1.88 bits per heavy atom. The Morgan fingerprint density at radius 1 is 1.12 bits per heavy atom. The van der Waals surface area contributed by atoms with Crippen molar-refractivity contribution in [2.75, 3.05) is 20.8 Å². The number of carbonyl (C=O) groups is 2. The van der Waals surface area contributed by atoms with Crippen molar-refractivity contribution < 1.29 is 23.5 Å². The zero-order valence-corrected chi connectivity index (χ0v) is 14.4. The quantitative estimate of drug-likeness (QED) is 0.598. The van der Waals surface area contributed by atoms with Crippen LogP contribution in [0.5, 0.6) is 11.5 Å². The molecule has 8 nitrogen and oxygen atoms in total. The maximum Gasteiger partial charge on any atom is 0.268 e. The SMILES string of the molecule is COc1cc2cc(C(=O)NCC(=O)NCc3ccco3)[nH]c2cc1OC.